The van der Waals surface area contributed by atoms with Crippen molar-refractivity contribution < 1.29 is 9.53 Å². The van der Waals surface area contributed by atoms with Crippen molar-refractivity contribution in [3.63, 3.8) is 0 Å². The van der Waals surface area contributed by atoms with E-state index in [2.05, 4.69) is 0 Å². The lowest BCUT2D eigenvalue weighted by Crippen LogP contribution is -2.27. The molecule has 1 amide bonds. The van der Waals surface area contributed by atoms with Crippen molar-refractivity contribution in [3.05, 3.63) is 53.6 Å². The van der Waals surface area contributed by atoms with Gasteiger partial charge in [-0.25, -0.2) is 9.69 Å². The molecule has 0 radical (unpaired) electrons. The van der Waals surface area contributed by atoms with Crippen LogP contribution in [0.5, 0.6) is 0 Å². The van der Waals surface area contributed by atoms with E-state index in [0.29, 0.717) is 22.1 Å². The molecule has 0 spiro atoms. The first-order chi connectivity index (χ1) is 9.63. The fraction of sp³-hybridized carbons (Fsp3) is 0.133. The summed E-state index contributed by atoms with van der Waals surface area (Å²) in [5.74, 6) is 0. The van der Waals surface area contributed by atoms with Crippen molar-refractivity contribution in [2.45, 2.75) is 6.92 Å². The zero-order valence-corrected chi connectivity index (χ0v) is 11.8. The molecule has 2 aromatic carbocycles. The Hall–Kier alpha value is -2.20. The van der Waals surface area contributed by atoms with E-state index in [9.17, 15) is 4.79 Å². The van der Waals surface area contributed by atoms with Crippen LogP contribution in [0.15, 0.2) is 48.5 Å². The molecule has 0 fully saturated rings. The molecule has 0 aliphatic heterocycles. The van der Waals surface area contributed by atoms with E-state index in [1.54, 1.807) is 37.3 Å². The quantitative estimate of drug-likeness (QED) is 0.861. The van der Waals surface area contributed by atoms with Crippen molar-refractivity contribution in [2.75, 3.05) is 17.2 Å². The summed E-state index contributed by atoms with van der Waals surface area (Å²) in [5, 5.41) is 0.499. The first kappa shape index (κ1) is 14.2. The second-order valence-electron chi connectivity index (χ2n) is 4.07. The maximum Gasteiger partial charge on any atom is 0.419 e. The summed E-state index contributed by atoms with van der Waals surface area (Å²) in [7, 11) is 0. The molecule has 2 N–H and O–H groups in total. The van der Waals surface area contributed by atoms with Gasteiger partial charge >= 0.3 is 6.09 Å². The number of ether oxygens (including phenoxy) is 1. The van der Waals surface area contributed by atoms with Crippen LogP contribution in [0.1, 0.15) is 6.92 Å². The maximum atomic E-state index is 12.2. The second kappa shape index (κ2) is 6.30. The molecule has 104 valence electrons. The Morgan fingerprint density at radius 2 is 1.95 bits per heavy atom. The van der Waals surface area contributed by atoms with Crippen LogP contribution < -0.4 is 10.6 Å². The van der Waals surface area contributed by atoms with E-state index in [1.165, 1.54) is 4.90 Å². The highest BCUT2D eigenvalue weighted by Gasteiger charge is 2.21. The number of rotatable bonds is 3. The largest absolute Gasteiger partial charge is 0.449 e. The van der Waals surface area contributed by atoms with Crippen LogP contribution in [0.3, 0.4) is 0 Å². The van der Waals surface area contributed by atoms with Gasteiger partial charge in [0.1, 0.15) is 0 Å². The summed E-state index contributed by atoms with van der Waals surface area (Å²) >= 11 is 6.00. The van der Waals surface area contributed by atoms with Crippen LogP contribution in [0.25, 0.3) is 0 Å². The highest BCUT2D eigenvalue weighted by Crippen LogP contribution is 2.33. The van der Waals surface area contributed by atoms with Crippen LogP contribution in [-0.2, 0) is 4.74 Å². The number of hydrogen-bond donors (Lipinski definition) is 1. The molecule has 0 bridgehead atoms. The molecule has 5 heteroatoms. The van der Waals surface area contributed by atoms with Gasteiger partial charge in [0.25, 0.3) is 0 Å². The van der Waals surface area contributed by atoms with E-state index in [1.807, 2.05) is 18.2 Å². The lowest BCUT2D eigenvalue weighted by atomic mass is 10.2. The minimum absolute atomic E-state index is 0.280. The van der Waals surface area contributed by atoms with E-state index >= 15 is 0 Å². The molecule has 0 unspecified atom stereocenters. The first-order valence-corrected chi connectivity index (χ1v) is 6.58. The minimum Gasteiger partial charge on any atom is -0.449 e. The Kier molecular flexibility index (Phi) is 4.48. The van der Waals surface area contributed by atoms with E-state index in [0.717, 1.165) is 0 Å². The predicted octanol–water partition coefficient (Wildman–Crippen LogP) is 4.22. The van der Waals surface area contributed by atoms with Crippen molar-refractivity contribution >= 4 is 34.8 Å². The molecule has 2 rings (SSSR count). The normalized spacial score (nSPS) is 10.1. The van der Waals surface area contributed by atoms with Crippen molar-refractivity contribution in [3.8, 4) is 0 Å². The van der Waals surface area contributed by atoms with Gasteiger partial charge < -0.3 is 10.5 Å². The molecular weight excluding hydrogens is 276 g/mol. The number of halogens is 1. The minimum atomic E-state index is -0.493. The number of amides is 1. The van der Waals surface area contributed by atoms with Gasteiger partial charge in [0, 0.05) is 5.02 Å². The molecule has 0 saturated carbocycles. The molecule has 2 aromatic rings. The summed E-state index contributed by atoms with van der Waals surface area (Å²) in [5.41, 5.74) is 7.57. The number of nitrogen functional groups attached to an aromatic ring is 1. The molecule has 20 heavy (non-hydrogen) atoms. The summed E-state index contributed by atoms with van der Waals surface area (Å²) in [4.78, 5) is 13.6. The molecular formula is C15H15ClN2O2. The number of carbonyl (C=O) groups is 1. The van der Waals surface area contributed by atoms with Crippen LogP contribution in [-0.4, -0.2) is 12.7 Å². The lowest BCUT2D eigenvalue weighted by molar-refractivity contribution is 0.162. The number of benzene rings is 2. The molecule has 0 aromatic heterocycles. The van der Waals surface area contributed by atoms with E-state index in [4.69, 9.17) is 22.1 Å². The summed E-state index contributed by atoms with van der Waals surface area (Å²) < 4.78 is 5.10. The van der Waals surface area contributed by atoms with E-state index in [-0.39, 0.29) is 6.61 Å². The zero-order chi connectivity index (χ0) is 14.5. The van der Waals surface area contributed by atoms with Gasteiger partial charge in [-0.15, -0.1) is 0 Å². The highest BCUT2D eigenvalue weighted by molar-refractivity contribution is 6.31. The van der Waals surface area contributed by atoms with Crippen LogP contribution in [0.2, 0.25) is 5.02 Å². The van der Waals surface area contributed by atoms with Gasteiger partial charge in [0.15, 0.2) is 0 Å². The molecule has 0 heterocycles. The summed E-state index contributed by atoms with van der Waals surface area (Å²) in [6.07, 6.45) is -0.493. The standard InChI is InChI=1S/C15H15ClN2O2/c1-2-20-15(19)18(12-6-4-3-5-7-12)14-10-11(16)8-9-13(14)17/h3-10H,2,17H2,1H3. The van der Waals surface area contributed by atoms with Gasteiger partial charge in [-0.2, -0.15) is 0 Å². The third-order valence-corrected chi connectivity index (χ3v) is 2.93. The molecule has 0 aliphatic rings. The molecule has 0 saturated heterocycles. The summed E-state index contributed by atoms with van der Waals surface area (Å²) in [6.45, 7) is 2.03. The fourth-order valence-corrected chi connectivity index (χ4v) is 1.98. The Morgan fingerprint density at radius 1 is 1.25 bits per heavy atom. The number of hydrogen-bond acceptors (Lipinski definition) is 3. The second-order valence-corrected chi connectivity index (χ2v) is 4.51. The number of nitrogens with two attached hydrogens (primary N) is 1. The lowest BCUT2D eigenvalue weighted by Gasteiger charge is -2.23. The van der Waals surface area contributed by atoms with Gasteiger partial charge in [-0.3, -0.25) is 0 Å². The Bertz CT molecular complexity index is 602. The first-order valence-electron chi connectivity index (χ1n) is 6.20. The number of carbonyl (C=O) groups excluding carboxylic acids is 1. The third-order valence-electron chi connectivity index (χ3n) is 2.70. The van der Waals surface area contributed by atoms with Crippen molar-refractivity contribution in [2.24, 2.45) is 0 Å². The Balaban J connectivity index is 2.51. The van der Waals surface area contributed by atoms with Crippen LogP contribution in [0, 0.1) is 0 Å². The zero-order valence-electron chi connectivity index (χ0n) is 11.0. The smallest absolute Gasteiger partial charge is 0.419 e. The number of anilines is 3. The molecule has 0 atom stereocenters. The number of para-hydroxylation sites is 1. The summed E-state index contributed by atoms with van der Waals surface area (Å²) in [6, 6.07) is 14.1. The average Bonchev–Trinajstić information content (AvgIpc) is 2.44. The predicted molar refractivity (Wildman–Crippen MR) is 81.5 cm³/mol. The van der Waals surface area contributed by atoms with Crippen LogP contribution >= 0.6 is 11.6 Å². The topological polar surface area (TPSA) is 55.6 Å². The van der Waals surface area contributed by atoms with Crippen molar-refractivity contribution in [1.29, 1.82) is 0 Å². The van der Waals surface area contributed by atoms with Crippen LogP contribution in [0.4, 0.5) is 21.9 Å². The SMILES string of the molecule is CCOC(=O)N(c1ccccc1)c1cc(Cl)ccc1N. The van der Waals surface area contributed by atoms with Crippen molar-refractivity contribution in [1.82, 2.24) is 0 Å². The van der Waals surface area contributed by atoms with Gasteiger partial charge in [-0.05, 0) is 37.3 Å². The van der Waals surface area contributed by atoms with Gasteiger partial charge in [0.05, 0.1) is 23.7 Å². The van der Waals surface area contributed by atoms with Gasteiger partial charge in [-0.1, -0.05) is 29.8 Å². The Morgan fingerprint density at radius 3 is 2.60 bits per heavy atom. The van der Waals surface area contributed by atoms with Gasteiger partial charge in [0.2, 0.25) is 0 Å². The number of nitrogens with zero attached hydrogens (tertiary/aromatic N) is 1. The Labute approximate surface area is 122 Å². The molecule has 0 aliphatic carbocycles. The van der Waals surface area contributed by atoms with E-state index < -0.39 is 6.09 Å². The maximum absolute atomic E-state index is 12.2. The molecule has 4 nitrogen and oxygen atoms in total. The monoisotopic (exact) mass is 290 g/mol. The fourth-order valence-electron chi connectivity index (χ4n) is 1.82. The average molecular weight is 291 g/mol. The third kappa shape index (κ3) is 3.03. The highest BCUT2D eigenvalue weighted by atomic mass is 35.5.